The number of amidine groups is 1. The number of thiophene rings is 1. The number of aliphatic imine (C=N–C) groups is 1. The summed E-state index contributed by atoms with van der Waals surface area (Å²) in [6, 6.07) is 65.1. The van der Waals surface area contributed by atoms with Crippen LogP contribution in [0, 0.1) is 0 Å². The summed E-state index contributed by atoms with van der Waals surface area (Å²) in [7, 11) is 0. The number of hydrogen-bond donors (Lipinski definition) is 2. The highest BCUT2D eigenvalue weighted by Crippen LogP contribution is 2.41. The molecule has 2 unspecified atom stereocenters. The van der Waals surface area contributed by atoms with E-state index in [4.69, 9.17) is 9.41 Å². The molecule has 3 aromatic heterocycles. The predicted octanol–water partition coefficient (Wildman–Crippen LogP) is 13.1. The van der Waals surface area contributed by atoms with E-state index in [1.54, 1.807) is 0 Å². The molecule has 6 heteroatoms. The standard InChI is InChI=1S/C51H34N4OS/c1-3-11-31(12-4-1)49-52-50(32-13-5-2-6-14-32)54-51(53-49)35-21-25-46-41(28-35)40-27-33(20-24-45(40)56-46)34-19-23-39-42-30-36(22-26-47(42)57-48(39)29-34)55-43-17-9-7-15-37(43)38-16-8-10-18-44(38)55/h1-30,49,51,53H,(H,52,54). The third kappa shape index (κ3) is 5.30. The lowest BCUT2D eigenvalue weighted by molar-refractivity contribution is 0.409. The van der Waals surface area contributed by atoms with E-state index in [2.05, 4.69) is 185 Å². The minimum absolute atomic E-state index is 0.161. The van der Waals surface area contributed by atoms with E-state index in [1.807, 2.05) is 23.5 Å². The van der Waals surface area contributed by atoms with E-state index in [9.17, 15) is 0 Å². The molecule has 0 saturated carbocycles. The van der Waals surface area contributed by atoms with Crippen LogP contribution in [0.25, 0.3) is 80.7 Å². The van der Waals surface area contributed by atoms with Crippen molar-refractivity contribution in [1.82, 2.24) is 15.2 Å². The molecule has 1 aliphatic heterocycles. The van der Waals surface area contributed by atoms with Gasteiger partial charge in [0, 0.05) is 53.0 Å². The van der Waals surface area contributed by atoms with Gasteiger partial charge in [0.05, 0.1) is 11.0 Å². The number of fused-ring (bicyclic) bond motifs is 9. The molecular weight excluding hydrogens is 717 g/mol. The highest BCUT2D eigenvalue weighted by Gasteiger charge is 2.26. The van der Waals surface area contributed by atoms with Gasteiger partial charge >= 0.3 is 0 Å². The number of hydrogen-bond acceptors (Lipinski definition) is 5. The van der Waals surface area contributed by atoms with Gasteiger partial charge in [-0.3, -0.25) is 5.32 Å². The van der Waals surface area contributed by atoms with Gasteiger partial charge in [0.2, 0.25) is 0 Å². The van der Waals surface area contributed by atoms with E-state index in [1.165, 1.54) is 53.2 Å². The minimum atomic E-state index is -0.194. The number of aromatic nitrogens is 1. The number of benzene rings is 8. The fraction of sp³-hybridized carbons (Fsp3) is 0.0392. The van der Waals surface area contributed by atoms with Crippen molar-refractivity contribution in [2.24, 2.45) is 4.99 Å². The summed E-state index contributed by atoms with van der Waals surface area (Å²) in [5.74, 6) is 0.868. The summed E-state index contributed by atoms with van der Waals surface area (Å²) in [5, 5.41) is 14.7. The van der Waals surface area contributed by atoms with Crippen LogP contribution < -0.4 is 10.6 Å². The van der Waals surface area contributed by atoms with Crippen molar-refractivity contribution in [3.63, 3.8) is 0 Å². The van der Waals surface area contributed by atoms with Crippen LogP contribution in [0.4, 0.5) is 0 Å². The molecule has 0 saturated heterocycles. The molecule has 0 fully saturated rings. The van der Waals surface area contributed by atoms with Crippen LogP contribution in [0.2, 0.25) is 0 Å². The van der Waals surface area contributed by atoms with Gasteiger partial charge in [-0.05, 0) is 82.9 Å². The molecular formula is C51H34N4OS. The number of nitrogens with zero attached hydrogens (tertiary/aromatic N) is 2. The molecule has 4 heterocycles. The topological polar surface area (TPSA) is 54.5 Å². The highest BCUT2D eigenvalue weighted by atomic mass is 32.1. The average Bonchev–Trinajstić information content (AvgIpc) is 3.95. The fourth-order valence-electron chi connectivity index (χ4n) is 8.72. The van der Waals surface area contributed by atoms with Crippen LogP contribution in [0.3, 0.4) is 0 Å². The molecule has 5 nitrogen and oxygen atoms in total. The average molecular weight is 751 g/mol. The van der Waals surface area contributed by atoms with Crippen molar-refractivity contribution in [2.75, 3.05) is 0 Å². The Bertz CT molecular complexity index is 3320. The van der Waals surface area contributed by atoms with Gasteiger partial charge in [-0.25, -0.2) is 4.99 Å². The molecule has 270 valence electrons. The van der Waals surface area contributed by atoms with Gasteiger partial charge in [-0.2, -0.15) is 0 Å². The van der Waals surface area contributed by atoms with Crippen LogP contribution in [0.15, 0.2) is 191 Å². The van der Waals surface area contributed by atoms with Crippen molar-refractivity contribution >= 4 is 81.1 Å². The zero-order valence-corrected chi connectivity index (χ0v) is 31.5. The number of para-hydroxylation sites is 2. The monoisotopic (exact) mass is 750 g/mol. The Morgan fingerprint density at radius 3 is 1.93 bits per heavy atom. The van der Waals surface area contributed by atoms with Crippen molar-refractivity contribution in [2.45, 2.75) is 12.3 Å². The Morgan fingerprint density at radius 1 is 0.474 bits per heavy atom. The Kier molecular flexibility index (Phi) is 7.24. The first kappa shape index (κ1) is 32.3. The zero-order valence-electron chi connectivity index (χ0n) is 30.7. The van der Waals surface area contributed by atoms with Crippen LogP contribution in [0.5, 0.6) is 0 Å². The summed E-state index contributed by atoms with van der Waals surface area (Å²) < 4.78 is 11.4. The van der Waals surface area contributed by atoms with Gasteiger partial charge in [0.15, 0.2) is 0 Å². The molecule has 0 amide bonds. The summed E-state index contributed by atoms with van der Waals surface area (Å²) in [6.45, 7) is 0. The predicted molar refractivity (Wildman–Crippen MR) is 238 cm³/mol. The summed E-state index contributed by atoms with van der Waals surface area (Å²) in [5.41, 5.74) is 11.0. The first-order chi connectivity index (χ1) is 28.2. The Labute approximate surface area is 332 Å². The van der Waals surface area contributed by atoms with Gasteiger partial charge in [-0.1, -0.05) is 121 Å². The molecule has 11 aromatic rings. The Morgan fingerprint density at radius 2 is 1.14 bits per heavy atom. The summed E-state index contributed by atoms with van der Waals surface area (Å²) >= 11 is 1.85. The van der Waals surface area contributed by atoms with Crippen LogP contribution >= 0.6 is 11.3 Å². The summed E-state index contributed by atoms with van der Waals surface area (Å²) in [4.78, 5) is 5.09. The minimum Gasteiger partial charge on any atom is -0.456 e. The normalized spacial score (nSPS) is 15.9. The molecule has 0 aliphatic carbocycles. The van der Waals surface area contributed by atoms with E-state index in [0.717, 1.165) is 50.0 Å². The molecule has 8 aromatic carbocycles. The largest absolute Gasteiger partial charge is 0.456 e. The first-order valence-electron chi connectivity index (χ1n) is 19.3. The summed E-state index contributed by atoms with van der Waals surface area (Å²) in [6.07, 6.45) is -0.355. The molecule has 0 spiro atoms. The second kappa shape index (κ2) is 12.8. The number of furan rings is 1. The molecule has 1 aliphatic rings. The van der Waals surface area contributed by atoms with E-state index in [0.29, 0.717) is 0 Å². The molecule has 2 N–H and O–H groups in total. The first-order valence-corrected chi connectivity index (χ1v) is 20.2. The van der Waals surface area contributed by atoms with E-state index in [-0.39, 0.29) is 12.3 Å². The third-order valence-electron chi connectivity index (χ3n) is 11.5. The van der Waals surface area contributed by atoms with E-state index >= 15 is 0 Å². The third-order valence-corrected chi connectivity index (χ3v) is 12.6. The Hall–Kier alpha value is -6.99. The highest BCUT2D eigenvalue weighted by molar-refractivity contribution is 7.25. The van der Waals surface area contributed by atoms with Crippen molar-refractivity contribution in [3.8, 4) is 16.8 Å². The number of nitrogens with one attached hydrogen (secondary N) is 2. The second-order valence-electron chi connectivity index (χ2n) is 14.8. The van der Waals surface area contributed by atoms with Crippen molar-refractivity contribution < 1.29 is 4.42 Å². The lowest BCUT2D eigenvalue weighted by Crippen LogP contribution is -2.44. The molecule has 0 radical (unpaired) electrons. The Balaban J connectivity index is 0.915. The zero-order chi connectivity index (χ0) is 37.5. The van der Waals surface area contributed by atoms with Crippen LogP contribution in [0.1, 0.15) is 29.0 Å². The van der Waals surface area contributed by atoms with Crippen LogP contribution in [-0.4, -0.2) is 10.4 Å². The lowest BCUT2D eigenvalue weighted by Gasteiger charge is -2.32. The maximum Gasteiger partial charge on any atom is 0.135 e. The van der Waals surface area contributed by atoms with Gasteiger partial charge in [-0.15, -0.1) is 11.3 Å². The number of rotatable bonds is 5. The fourth-order valence-corrected chi connectivity index (χ4v) is 9.84. The van der Waals surface area contributed by atoms with Gasteiger partial charge < -0.3 is 14.3 Å². The van der Waals surface area contributed by atoms with Crippen molar-refractivity contribution in [3.05, 3.63) is 199 Å². The van der Waals surface area contributed by atoms with Gasteiger partial charge in [0.25, 0.3) is 0 Å². The maximum atomic E-state index is 6.41. The molecule has 12 rings (SSSR count). The lowest BCUT2D eigenvalue weighted by atomic mass is 10.00. The smallest absolute Gasteiger partial charge is 0.135 e. The molecule has 2 atom stereocenters. The second-order valence-corrected chi connectivity index (χ2v) is 15.9. The van der Waals surface area contributed by atoms with Gasteiger partial charge in [0.1, 0.15) is 29.3 Å². The molecule has 57 heavy (non-hydrogen) atoms. The molecule has 0 bridgehead atoms. The maximum absolute atomic E-state index is 6.41. The SMILES string of the molecule is c1ccc(C2=NC(c3ccccc3)NC(c3ccc4oc5ccc(-c6ccc7c(c6)sc6ccc(-n8c9ccccc9c9ccccc98)cc67)cc5c4c3)N2)cc1. The van der Waals surface area contributed by atoms with E-state index < -0.39 is 0 Å². The van der Waals surface area contributed by atoms with Crippen LogP contribution in [-0.2, 0) is 0 Å². The quantitative estimate of drug-likeness (QED) is 0.184. The van der Waals surface area contributed by atoms with Crippen molar-refractivity contribution in [1.29, 1.82) is 0 Å².